The molecule has 1 heterocycles. The van der Waals surface area contributed by atoms with Gasteiger partial charge in [0.25, 0.3) is 0 Å². The molecule has 4 N–H and O–H groups in total. The Morgan fingerprint density at radius 1 is 0.818 bits per heavy atom. The van der Waals surface area contributed by atoms with Gasteiger partial charge in [-0.05, 0) is 42.5 Å². The average Bonchev–Trinajstić information content (AvgIpc) is 3.25. The molecule has 2 aromatic carbocycles. The fourth-order valence-electron chi connectivity index (χ4n) is 2.48. The Kier molecular flexibility index (Phi) is 8.08. The van der Waals surface area contributed by atoms with Crippen LogP contribution in [0.15, 0.2) is 80.7 Å². The number of anilines is 2. The summed E-state index contributed by atoms with van der Waals surface area (Å²) >= 11 is 3.27. The monoisotopic (exact) mass is 511 g/mol. The van der Waals surface area contributed by atoms with E-state index in [1.54, 1.807) is 66.7 Å². The first-order chi connectivity index (χ1) is 15.9. The molecule has 1 aromatic heterocycles. The molecule has 0 unspecified atom stereocenters. The summed E-state index contributed by atoms with van der Waals surface area (Å²) < 4.78 is 6.18. The molecule has 10 nitrogen and oxygen atoms in total. The molecule has 33 heavy (non-hydrogen) atoms. The number of rotatable bonds is 6. The van der Waals surface area contributed by atoms with Gasteiger partial charge in [0.15, 0.2) is 0 Å². The van der Waals surface area contributed by atoms with Crippen molar-refractivity contribution in [3.8, 4) is 0 Å². The molecule has 0 spiro atoms. The maximum absolute atomic E-state index is 11.9. The Morgan fingerprint density at radius 2 is 1.52 bits per heavy atom. The van der Waals surface area contributed by atoms with Gasteiger partial charge in [0, 0.05) is 15.8 Å². The molecule has 3 rings (SSSR count). The molecule has 0 fully saturated rings. The van der Waals surface area contributed by atoms with Crippen LogP contribution in [-0.2, 0) is 25.7 Å². The second kappa shape index (κ2) is 11.4. The Hall–Kier alpha value is -4.25. The quantitative estimate of drug-likeness (QED) is 0.228. The Morgan fingerprint density at radius 3 is 2.27 bits per heavy atom. The second-order valence-electron chi connectivity index (χ2n) is 6.47. The van der Waals surface area contributed by atoms with Crippen LogP contribution in [-0.4, -0.2) is 29.8 Å². The van der Waals surface area contributed by atoms with Crippen LogP contribution in [0.5, 0.6) is 0 Å². The van der Waals surface area contributed by atoms with E-state index >= 15 is 0 Å². The van der Waals surface area contributed by atoms with Gasteiger partial charge < -0.3 is 20.4 Å². The van der Waals surface area contributed by atoms with Gasteiger partial charge in [-0.1, -0.05) is 40.2 Å². The molecule has 0 saturated carbocycles. The number of hydrazone groups is 1. The van der Waals surface area contributed by atoms with Gasteiger partial charge in [0.1, 0.15) is 11.5 Å². The molecule has 0 saturated heterocycles. The van der Waals surface area contributed by atoms with Crippen molar-refractivity contribution < 1.29 is 23.6 Å². The van der Waals surface area contributed by atoms with Crippen LogP contribution >= 0.6 is 15.9 Å². The smallest absolute Gasteiger partial charge is 0.329 e. The van der Waals surface area contributed by atoms with Gasteiger partial charge in [-0.2, -0.15) is 5.10 Å². The summed E-state index contributed by atoms with van der Waals surface area (Å²) in [5.41, 5.74) is 3.04. The van der Waals surface area contributed by atoms with Gasteiger partial charge in [-0.15, -0.1) is 0 Å². The van der Waals surface area contributed by atoms with Crippen molar-refractivity contribution in [2.24, 2.45) is 5.10 Å². The molecular formula is C22H18BrN5O5. The van der Waals surface area contributed by atoms with Crippen LogP contribution in [0.1, 0.15) is 11.5 Å². The van der Waals surface area contributed by atoms with Crippen molar-refractivity contribution in [3.05, 3.63) is 82.7 Å². The molecule has 168 valence electrons. The van der Waals surface area contributed by atoms with E-state index in [1.165, 1.54) is 6.21 Å². The molecule has 0 aliphatic rings. The number of para-hydroxylation sites is 1. The van der Waals surface area contributed by atoms with E-state index in [4.69, 9.17) is 4.42 Å². The van der Waals surface area contributed by atoms with E-state index in [-0.39, 0.29) is 12.3 Å². The van der Waals surface area contributed by atoms with Crippen molar-refractivity contribution >= 4 is 57.1 Å². The minimum absolute atomic E-state index is 0.0315. The SMILES string of the molecule is O=C(NCc1ccc(/C=N/NC(=O)C(=O)Nc2cccc(Br)c2)o1)C(=O)Nc1ccccc1. The minimum atomic E-state index is -0.963. The minimum Gasteiger partial charge on any atom is -0.458 e. The predicted molar refractivity (Wildman–Crippen MR) is 124 cm³/mol. The lowest BCUT2D eigenvalue weighted by atomic mass is 10.3. The molecule has 0 aliphatic heterocycles. The number of nitrogens with one attached hydrogen (secondary N) is 4. The van der Waals surface area contributed by atoms with Crippen LogP contribution < -0.4 is 21.4 Å². The topological polar surface area (TPSA) is 142 Å². The third-order valence-electron chi connectivity index (χ3n) is 3.99. The molecule has 3 aromatic rings. The highest BCUT2D eigenvalue weighted by molar-refractivity contribution is 9.10. The number of hydrogen-bond donors (Lipinski definition) is 4. The lowest BCUT2D eigenvalue weighted by molar-refractivity contribution is -0.136. The molecular weight excluding hydrogens is 494 g/mol. The van der Waals surface area contributed by atoms with Crippen LogP contribution in [0, 0.1) is 0 Å². The van der Waals surface area contributed by atoms with Crippen LogP contribution in [0.25, 0.3) is 0 Å². The number of carbonyl (C=O) groups is 4. The zero-order chi connectivity index (χ0) is 23.6. The summed E-state index contributed by atoms with van der Waals surface area (Å²) in [6.45, 7) is -0.0315. The lowest BCUT2D eigenvalue weighted by Crippen LogP contribution is -2.34. The summed E-state index contributed by atoms with van der Waals surface area (Å²) in [7, 11) is 0. The fraction of sp³-hybridized carbons (Fsp3) is 0.0455. The number of benzene rings is 2. The summed E-state index contributed by atoms with van der Waals surface area (Å²) in [4.78, 5) is 47.5. The Bertz CT molecular complexity index is 1190. The highest BCUT2D eigenvalue weighted by atomic mass is 79.9. The highest BCUT2D eigenvalue weighted by Gasteiger charge is 2.15. The van der Waals surface area contributed by atoms with Gasteiger partial charge >= 0.3 is 23.6 Å². The van der Waals surface area contributed by atoms with E-state index < -0.39 is 23.6 Å². The third-order valence-corrected chi connectivity index (χ3v) is 4.48. The van der Waals surface area contributed by atoms with Crippen LogP contribution in [0.4, 0.5) is 11.4 Å². The van der Waals surface area contributed by atoms with Crippen molar-refractivity contribution in [3.63, 3.8) is 0 Å². The zero-order valence-corrected chi connectivity index (χ0v) is 18.6. The second-order valence-corrected chi connectivity index (χ2v) is 7.39. The van der Waals surface area contributed by atoms with Crippen molar-refractivity contribution in [2.45, 2.75) is 6.54 Å². The summed E-state index contributed by atoms with van der Waals surface area (Å²) in [6, 6.07) is 18.5. The molecule has 0 bridgehead atoms. The number of amides is 4. The highest BCUT2D eigenvalue weighted by Crippen LogP contribution is 2.15. The largest absolute Gasteiger partial charge is 0.458 e. The Balaban J connectivity index is 1.43. The maximum atomic E-state index is 11.9. The van der Waals surface area contributed by atoms with Crippen molar-refractivity contribution in [2.75, 3.05) is 10.6 Å². The first-order valence-electron chi connectivity index (χ1n) is 9.53. The number of halogens is 1. The van der Waals surface area contributed by atoms with Crippen molar-refractivity contribution in [1.82, 2.24) is 10.7 Å². The van der Waals surface area contributed by atoms with Gasteiger partial charge in [0.2, 0.25) is 0 Å². The van der Waals surface area contributed by atoms with E-state index in [0.29, 0.717) is 17.1 Å². The number of furan rings is 1. The Labute approximate surface area is 196 Å². The van der Waals surface area contributed by atoms with E-state index in [1.807, 2.05) is 0 Å². The molecule has 11 heteroatoms. The summed E-state index contributed by atoms with van der Waals surface area (Å²) in [6.07, 6.45) is 1.19. The van der Waals surface area contributed by atoms with E-state index in [9.17, 15) is 19.2 Å². The standard InChI is InChI=1S/C22H18BrN5O5/c23-14-5-4-8-16(11-14)27-21(31)22(32)28-25-13-18-10-9-17(33-18)12-24-19(29)20(30)26-15-6-2-1-3-7-15/h1-11,13H,12H2,(H,24,29)(H,26,30)(H,27,31)(H,28,32)/b25-13+. The van der Waals surface area contributed by atoms with E-state index in [0.717, 1.165) is 4.47 Å². The number of hydrogen-bond acceptors (Lipinski definition) is 6. The zero-order valence-electron chi connectivity index (χ0n) is 17.0. The molecule has 0 radical (unpaired) electrons. The number of nitrogens with zero attached hydrogens (tertiary/aromatic N) is 1. The normalized spacial score (nSPS) is 10.5. The summed E-state index contributed by atoms with van der Waals surface area (Å²) in [5.74, 6) is -2.86. The van der Waals surface area contributed by atoms with Gasteiger partial charge in [-0.25, -0.2) is 5.43 Å². The first kappa shape index (κ1) is 23.4. The summed E-state index contributed by atoms with van der Waals surface area (Å²) in [5, 5.41) is 11.0. The first-order valence-corrected chi connectivity index (χ1v) is 10.3. The average molecular weight is 512 g/mol. The molecule has 0 atom stereocenters. The third kappa shape index (κ3) is 7.43. The molecule has 0 aliphatic carbocycles. The van der Waals surface area contributed by atoms with Gasteiger partial charge in [0.05, 0.1) is 12.8 Å². The van der Waals surface area contributed by atoms with Gasteiger partial charge in [-0.3, -0.25) is 19.2 Å². The van der Waals surface area contributed by atoms with Crippen LogP contribution in [0.2, 0.25) is 0 Å². The maximum Gasteiger partial charge on any atom is 0.329 e. The van der Waals surface area contributed by atoms with E-state index in [2.05, 4.69) is 42.4 Å². The fourth-order valence-corrected chi connectivity index (χ4v) is 2.87. The predicted octanol–water partition coefficient (Wildman–Crippen LogP) is 2.39. The van der Waals surface area contributed by atoms with Crippen LogP contribution in [0.3, 0.4) is 0 Å². The molecule has 4 amide bonds. The van der Waals surface area contributed by atoms with Crippen molar-refractivity contribution in [1.29, 1.82) is 0 Å². The lowest BCUT2D eigenvalue weighted by Gasteiger charge is -2.05. The number of carbonyl (C=O) groups excluding carboxylic acids is 4.